The molecule has 0 fully saturated rings. The van der Waals surface area contributed by atoms with Gasteiger partial charge in [-0.05, 0) is 23.6 Å². The Kier molecular flexibility index (Phi) is 4.69. The smallest absolute Gasteiger partial charge is 0.226 e. The van der Waals surface area contributed by atoms with Crippen molar-refractivity contribution in [2.45, 2.75) is 12.8 Å². The van der Waals surface area contributed by atoms with Crippen molar-refractivity contribution in [3.8, 4) is 17.0 Å². The van der Waals surface area contributed by atoms with Gasteiger partial charge in [-0.3, -0.25) is 4.79 Å². The fourth-order valence-electron chi connectivity index (χ4n) is 3.20. The summed E-state index contributed by atoms with van der Waals surface area (Å²) in [6.45, 7) is 0.987. The highest BCUT2D eigenvalue weighted by Crippen LogP contribution is 2.26. The molecule has 0 aliphatic carbocycles. The fraction of sp³-hybridized carbons (Fsp3) is 0.238. The van der Waals surface area contributed by atoms with Crippen molar-refractivity contribution in [3.63, 3.8) is 0 Å². The number of H-pyrrole nitrogens is 1. The average Bonchev–Trinajstić information content (AvgIpc) is 3.17. The van der Waals surface area contributed by atoms with Gasteiger partial charge in [0.15, 0.2) is 0 Å². The molecule has 132 valence electrons. The Morgan fingerprint density at radius 1 is 1.15 bits per heavy atom. The van der Waals surface area contributed by atoms with Crippen LogP contribution in [0.25, 0.3) is 11.3 Å². The second-order valence-electron chi connectivity index (χ2n) is 6.47. The Labute approximate surface area is 152 Å². The molecule has 1 aromatic heterocycles. The summed E-state index contributed by atoms with van der Waals surface area (Å²) in [6.07, 6.45) is 3.22. The van der Waals surface area contributed by atoms with Crippen LogP contribution in [0.4, 0.5) is 0 Å². The van der Waals surface area contributed by atoms with Crippen molar-refractivity contribution >= 4 is 5.91 Å². The molecule has 0 radical (unpaired) electrons. The number of amides is 1. The summed E-state index contributed by atoms with van der Waals surface area (Å²) < 4.78 is 5.69. The molecule has 0 saturated heterocycles. The third-order valence-electron chi connectivity index (χ3n) is 4.62. The highest BCUT2D eigenvalue weighted by Gasteiger charge is 2.25. The standard InChI is InChI=1S/C21H21N3O2/c25-21(17-12-16-8-4-5-9-19(16)26-14-17)22-11-10-20-23-13-18(24-20)15-6-2-1-3-7-15/h1-9,13,17H,10-12,14H2,(H,22,25)(H,23,24). The molecular formula is C21H21N3O2. The molecule has 1 aliphatic heterocycles. The maximum absolute atomic E-state index is 12.4. The third-order valence-corrected chi connectivity index (χ3v) is 4.62. The predicted octanol–water partition coefficient (Wildman–Crippen LogP) is 2.99. The Balaban J connectivity index is 1.29. The second kappa shape index (κ2) is 7.44. The molecular weight excluding hydrogens is 326 g/mol. The normalized spacial score (nSPS) is 15.8. The van der Waals surface area contributed by atoms with E-state index in [2.05, 4.69) is 15.3 Å². The summed E-state index contributed by atoms with van der Waals surface area (Å²) in [5, 5.41) is 3.00. The first-order valence-electron chi connectivity index (χ1n) is 8.87. The average molecular weight is 347 g/mol. The van der Waals surface area contributed by atoms with E-state index in [1.54, 1.807) is 0 Å². The molecule has 1 amide bonds. The first kappa shape index (κ1) is 16.4. The van der Waals surface area contributed by atoms with Gasteiger partial charge in [-0.15, -0.1) is 0 Å². The van der Waals surface area contributed by atoms with Crippen molar-refractivity contribution < 1.29 is 9.53 Å². The third kappa shape index (κ3) is 3.61. The van der Waals surface area contributed by atoms with Crippen LogP contribution in [0.3, 0.4) is 0 Å². The molecule has 1 atom stereocenters. The van der Waals surface area contributed by atoms with E-state index < -0.39 is 0 Å². The van der Waals surface area contributed by atoms with Crippen LogP contribution in [0.15, 0.2) is 60.8 Å². The number of carbonyl (C=O) groups excluding carboxylic acids is 1. The van der Waals surface area contributed by atoms with Gasteiger partial charge < -0.3 is 15.0 Å². The summed E-state index contributed by atoms with van der Waals surface area (Å²) >= 11 is 0. The van der Waals surface area contributed by atoms with E-state index >= 15 is 0 Å². The number of hydrogen-bond donors (Lipinski definition) is 2. The molecule has 2 aromatic carbocycles. The van der Waals surface area contributed by atoms with Crippen LogP contribution >= 0.6 is 0 Å². The highest BCUT2D eigenvalue weighted by molar-refractivity contribution is 5.79. The van der Waals surface area contributed by atoms with Crippen molar-refractivity contribution in [3.05, 3.63) is 72.2 Å². The number of nitrogens with zero attached hydrogens (tertiary/aromatic N) is 1. The van der Waals surface area contributed by atoms with Gasteiger partial charge in [-0.2, -0.15) is 0 Å². The summed E-state index contributed by atoms with van der Waals surface area (Å²) in [4.78, 5) is 20.1. The van der Waals surface area contributed by atoms with Gasteiger partial charge >= 0.3 is 0 Å². The van der Waals surface area contributed by atoms with E-state index in [1.165, 1.54) is 0 Å². The number of ether oxygens (including phenoxy) is 1. The molecule has 0 bridgehead atoms. The highest BCUT2D eigenvalue weighted by atomic mass is 16.5. The number of benzene rings is 2. The van der Waals surface area contributed by atoms with Gasteiger partial charge in [0.2, 0.25) is 5.91 Å². The number of para-hydroxylation sites is 1. The van der Waals surface area contributed by atoms with Gasteiger partial charge in [0.25, 0.3) is 0 Å². The molecule has 2 N–H and O–H groups in total. The van der Waals surface area contributed by atoms with Crippen LogP contribution in [-0.2, 0) is 17.6 Å². The largest absolute Gasteiger partial charge is 0.492 e. The van der Waals surface area contributed by atoms with Gasteiger partial charge in [0.05, 0.1) is 17.8 Å². The zero-order valence-corrected chi connectivity index (χ0v) is 14.4. The number of carbonyl (C=O) groups is 1. The van der Waals surface area contributed by atoms with Crippen molar-refractivity contribution in [2.24, 2.45) is 5.92 Å². The number of rotatable bonds is 5. The maximum atomic E-state index is 12.4. The van der Waals surface area contributed by atoms with Gasteiger partial charge in [-0.1, -0.05) is 48.5 Å². The topological polar surface area (TPSA) is 67.0 Å². The quantitative estimate of drug-likeness (QED) is 0.746. The number of aromatic amines is 1. The van der Waals surface area contributed by atoms with Crippen molar-refractivity contribution in [2.75, 3.05) is 13.2 Å². The first-order chi connectivity index (χ1) is 12.8. The summed E-state index contributed by atoms with van der Waals surface area (Å²) in [7, 11) is 0. The summed E-state index contributed by atoms with van der Waals surface area (Å²) in [6, 6.07) is 18.0. The Morgan fingerprint density at radius 2 is 1.96 bits per heavy atom. The molecule has 1 unspecified atom stereocenters. The van der Waals surface area contributed by atoms with Gasteiger partial charge in [0, 0.05) is 13.0 Å². The van der Waals surface area contributed by atoms with E-state index in [0.29, 0.717) is 19.6 Å². The van der Waals surface area contributed by atoms with Gasteiger partial charge in [-0.25, -0.2) is 4.98 Å². The van der Waals surface area contributed by atoms with Crippen LogP contribution in [0.1, 0.15) is 11.4 Å². The Morgan fingerprint density at radius 3 is 2.85 bits per heavy atom. The minimum Gasteiger partial charge on any atom is -0.492 e. The molecule has 26 heavy (non-hydrogen) atoms. The van der Waals surface area contributed by atoms with E-state index in [-0.39, 0.29) is 11.8 Å². The van der Waals surface area contributed by atoms with E-state index in [1.807, 2.05) is 60.8 Å². The molecule has 5 nitrogen and oxygen atoms in total. The Hall–Kier alpha value is -3.08. The van der Waals surface area contributed by atoms with Crippen molar-refractivity contribution in [1.82, 2.24) is 15.3 Å². The lowest BCUT2D eigenvalue weighted by Crippen LogP contribution is -2.38. The summed E-state index contributed by atoms with van der Waals surface area (Å²) in [5.41, 5.74) is 3.19. The number of nitrogens with one attached hydrogen (secondary N) is 2. The SMILES string of the molecule is O=C(NCCc1ncc(-c2ccccc2)[nH]1)C1COc2ccccc2C1. The lowest BCUT2D eigenvalue weighted by molar-refractivity contribution is -0.126. The summed E-state index contributed by atoms with van der Waals surface area (Å²) in [5.74, 6) is 1.66. The molecule has 5 heteroatoms. The van der Waals surface area contributed by atoms with E-state index in [0.717, 1.165) is 34.8 Å². The molecule has 1 aliphatic rings. The zero-order valence-electron chi connectivity index (χ0n) is 14.4. The van der Waals surface area contributed by atoms with Crippen LogP contribution in [0.2, 0.25) is 0 Å². The maximum Gasteiger partial charge on any atom is 0.226 e. The van der Waals surface area contributed by atoms with Crippen LogP contribution in [-0.4, -0.2) is 29.0 Å². The number of imidazole rings is 1. The Bertz CT molecular complexity index is 889. The zero-order chi connectivity index (χ0) is 17.8. The fourth-order valence-corrected chi connectivity index (χ4v) is 3.20. The van der Waals surface area contributed by atoms with Crippen molar-refractivity contribution in [1.29, 1.82) is 0 Å². The molecule has 0 saturated carbocycles. The number of hydrogen-bond acceptors (Lipinski definition) is 3. The minimum absolute atomic E-state index is 0.0364. The van der Waals surface area contributed by atoms with E-state index in [4.69, 9.17) is 4.74 Å². The van der Waals surface area contributed by atoms with Gasteiger partial charge in [0.1, 0.15) is 18.2 Å². The van der Waals surface area contributed by atoms with Crippen LogP contribution in [0.5, 0.6) is 5.75 Å². The predicted molar refractivity (Wildman–Crippen MR) is 99.9 cm³/mol. The lowest BCUT2D eigenvalue weighted by Gasteiger charge is -2.24. The second-order valence-corrected chi connectivity index (χ2v) is 6.47. The minimum atomic E-state index is -0.138. The monoisotopic (exact) mass is 347 g/mol. The number of fused-ring (bicyclic) bond motifs is 1. The van der Waals surface area contributed by atoms with E-state index in [9.17, 15) is 4.79 Å². The lowest BCUT2D eigenvalue weighted by atomic mass is 9.96. The van der Waals surface area contributed by atoms with Crippen LogP contribution < -0.4 is 10.1 Å². The first-order valence-corrected chi connectivity index (χ1v) is 8.87. The molecule has 4 rings (SSSR count). The molecule has 3 aromatic rings. The molecule has 0 spiro atoms. The number of aromatic nitrogens is 2. The van der Waals surface area contributed by atoms with Crippen LogP contribution in [0, 0.1) is 5.92 Å². The molecule has 2 heterocycles.